The first-order valence-corrected chi connectivity index (χ1v) is 12.2. The van der Waals surface area contributed by atoms with E-state index in [0.717, 1.165) is 31.3 Å². The van der Waals surface area contributed by atoms with E-state index in [9.17, 15) is 18.0 Å². The van der Waals surface area contributed by atoms with Crippen LogP contribution in [0.5, 0.6) is 5.75 Å². The minimum atomic E-state index is -4.51. The summed E-state index contributed by atoms with van der Waals surface area (Å²) < 4.78 is 43.7. The Balaban J connectivity index is 1.65. The summed E-state index contributed by atoms with van der Waals surface area (Å²) in [7, 11) is 2.05. The SMILES string of the molecule is C=C(C#N)CNc1c(OCC(F)(F)F)ccc2ccc(-c3cccc(C(=O)NC4CCN(C)CC4)n3)cc12. The van der Waals surface area contributed by atoms with Gasteiger partial charge in [-0.2, -0.15) is 18.4 Å². The number of alkyl halides is 3. The average Bonchev–Trinajstić information content (AvgIpc) is 2.91. The third kappa shape index (κ3) is 6.81. The van der Waals surface area contributed by atoms with Crippen LogP contribution in [0.25, 0.3) is 22.0 Å². The number of carbonyl (C=O) groups is 1. The summed E-state index contributed by atoms with van der Waals surface area (Å²) in [6, 6.07) is 15.7. The van der Waals surface area contributed by atoms with Crippen LogP contribution in [-0.2, 0) is 0 Å². The molecule has 7 nitrogen and oxygen atoms in total. The Labute approximate surface area is 218 Å². The van der Waals surface area contributed by atoms with Crippen LogP contribution in [0.2, 0.25) is 0 Å². The number of fused-ring (bicyclic) bond motifs is 1. The van der Waals surface area contributed by atoms with Gasteiger partial charge in [0.1, 0.15) is 11.4 Å². The molecule has 4 rings (SSSR count). The summed E-state index contributed by atoms with van der Waals surface area (Å²) in [4.78, 5) is 19.7. The number of aromatic nitrogens is 1. The zero-order valence-corrected chi connectivity index (χ0v) is 20.9. The Kier molecular flexibility index (Phi) is 8.17. The summed E-state index contributed by atoms with van der Waals surface area (Å²) in [5, 5.41) is 16.5. The van der Waals surface area contributed by atoms with Crippen molar-refractivity contribution < 1.29 is 22.7 Å². The highest BCUT2D eigenvalue weighted by Gasteiger charge is 2.29. The van der Waals surface area contributed by atoms with Gasteiger partial charge in [-0.3, -0.25) is 4.79 Å². The summed E-state index contributed by atoms with van der Waals surface area (Å²) in [5.41, 5.74) is 2.01. The van der Waals surface area contributed by atoms with Gasteiger partial charge in [0.25, 0.3) is 5.91 Å². The molecule has 10 heteroatoms. The molecule has 38 heavy (non-hydrogen) atoms. The number of hydrogen-bond donors (Lipinski definition) is 2. The van der Waals surface area contributed by atoms with Crippen molar-refractivity contribution in [2.75, 3.05) is 38.6 Å². The number of ether oxygens (including phenoxy) is 1. The first-order chi connectivity index (χ1) is 18.1. The van der Waals surface area contributed by atoms with E-state index in [4.69, 9.17) is 10.00 Å². The third-order valence-corrected chi connectivity index (χ3v) is 6.34. The van der Waals surface area contributed by atoms with Crippen molar-refractivity contribution >= 4 is 22.4 Å². The molecule has 0 spiro atoms. The Morgan fingerprint density at radius 2 is 1.95 bits per heavy atom. The fourth-order valence-electron chi connectivity index (χ4n) is 4.29. The number of rotatable bonds is 8. The smallest absolute Gasteiger partial charge is 0.422 e. The van der Waals surface area contributed by atoms with Gasteiger partial charge in [-0.05, 0) is 62.6 Å². The maximum atomic E-state index is 12.9. The summed E-state index contributed by atoms with van der Waals surface area (Å²) in [6.07, 6.45) is -2.76. The molecule has 1 aliphatic heterocycles. The Hall–Kier alpha value is -4.10. The van der Waals surface area contributed by atoms with Crippen LogP contribution in [-0.4, -0.2) is 61.3 Å². The first-order valence-electron chi connectivity index (χ1n) is 12.2. The van der Waals surface area contributed by atoms with Crippen molar-refractivity contribution in [3.05, 3.63) is 66.4 Å². The zero-order chi connectivity index (χ0) is 27.3. The van der Waals surface area contributed by atoms with Gasteiger partial charge >= 0.3 is 6.18 Å². The molecule has 1 saturated heterocycles. The lowest BCUT2D eigenvalue weighted by molar-refractivity contribution is -0.153. The van der Waals surface area contributed by atoms with Crippen LogP contribution in [0.4, 0.5) is 18.9 Å². The standard InChI is InChI=1S/C28H28F3N5O2/c1-18(15-32)16-33-26-22-14-20(7-6-19(22)8-9-25(26)38-17-28(29,30)31)23-4-3-5-24(35-23)27(37)34-21-10-12-36(2)13-11-21/h3-9,14,21,33H,1,10-13,16-17H2,2H3,(H,34,37). The van der Waals surface area contributed by atoms with Gasteiger partial charge < -0.3 is 20.3 Å². The molecule has 1 amide bonds. The van der Waals surface area contributed by atoms with E-state index in [2.05, 4.69) is 34.1 Å². The highest BCUT2D eigenvalue weighted by molar-refractivity contribution is 5.99. The molecule has 0 aliphatic carbocycles. The lowest BCUT2D eigenvalue weighted by Crippen LogP contribution is -2.43. The molecule has 0 atom stereocenters. The van der Waals surface area contributed by atoms with Crippen molar-refractivity contribution in [3.63, 3.8) is 0 Å². The molecule has 1 fully saturated rings. The molecular formula is C28H28F3N5O2. The van der Waals surface area contributed by atoms with E-state index in [0.29, 0.717) is 22.3 Å². The van der Waals surface area contributed by atoms with E-state index in [1.165, 1.54) is 6.07 Å². The number of benzene rings is 2. The quantitative estimate of drug-likeness (QED) is 0.397. The van der Waals surface area contributed by atoms with Gasteiger partial charge in [0.2, 0.25) is 0 Å². The number of halogens is 3. The lowest BCUT2D eigenvalue weighted by atomic mass is 10.0. The minimum absolute atomic E-state index is 0.00284. The number of likely N-dealkylation sites (tertiary alicyclic amines) is 1. The lowest BCUT2D eigenvalue weighted by Gasteiger charge is -2.29. The maximum absolute atomic E-state index is 12.9. The summed E-state index contributed by atoms with van der Waals surface area (Å²) in [6.45, 7) is 4.04. The molecular weight excluding hydrogens is 495 g/mol. The van der Waals surface area contributed by atoms with E-state index >= 15 is 0 Å². The van der Waals surface area contributed by atoms with Crippen molar-refractivity contribution in [2.24, 2.45) is 0 Å². The van der Waals surface area contributed by atoms with Crippen LogP contribution in [0.15, 0.2) is 60.7 Å². The number of amides is 1. The molecule has 2 heterocycles. The number of anilines is 1. The fraction of sp³-hybridized carbons (Fsp3) is 0.321. The Bertz CT molecular complexity index is 1380. The highest BCUT2D eigenvalue weighted by Crippen LogP contribution is 2.36. The highest BCUT2D eigenvalue weighted by atomic mass is 19.4. The molecule has 198 valence electrons. The third-order valence-electron chi connectivity index (χ3n) is 6.34. The number of hydrogen-bond acceptors (Lipinski definition) is 6. The number of nitrogens with zero attached hydrogens (tertiary/aromatic N) is 3. The zero-order valence-electron chi connectivity index (χ0n) is 20.9. The molecule has 0 radical (unpaired) electrons. The molecule has 1 aliphatic rings. The van der Waals surface area contributed by atoms with Crippen LogP contribution >= 0.6 is 0 Å². The van der Waals surface area contributed by atoms with Crippen molar-refractivity contribution in [2.45, 2.75) is 25.1 Å². The van der Waals surface area contributed by atoms with Crippen LogP contribution in [0, 0.1) is 11.3 Å². The number of nitriles is 1. The number of piperidine rings is 1. The van der Waals surface area contributed by atoms with E-state index in [-0.39, 0.29) is 35.5 Å². The number of nitrogens with one attached hydrogen (secondary N) is 2. The topological polar surface area (TPSA) is 90.3 Å². The van der Waals surface area contributed by atoms with Crippen LogP contribution < -0.4 is 15.4 Å². The van der Waals surface area contributed by atoms with Gasteiger partial charge in [-0.15, -0.1) is 0 Å². The summed E-state index contributed by atoms with van der Waals surface area (Å²) in [5.74, 6) is -0.251. The molecule has 0 unspecified atom stereocenters. The predicted octanol–water partition coefficient (Wildman–Crippen LogP) is 5.16. The Morgan fingerprint density at radius 3 is 2.66 bits per heavy atom. The van der Waals surface area contributed by atoms with Gasteiger partial charge in [-0.25, -0.2) is 4.98 Å². The van der Waals surface area contributed by atoms with Crippen LogP contribution in [0.1, 0.15) is 23.3 Å². The number of carbonyl (C=O) groups excluding carboxylic acids is 1. The Morgan fingerprint density at radius 1 is 1.21 bits per heavy atom. The van der Waals surface area contributed by atoms with Gasteiger partial charge in [-0.1, -0.05) is 30.8 Å². The van der Waals surface area contributed by atoms with E-state index in [1.54, 1.807) is 30.3 Å². The fourth-order valence-corrected chi connectivity index (χ4v) is 4.29. The maximum Gasteiger partial charge on any atom is 0.422 e. The monoisotopic (exact) mass is 523 g/mol. The molecule has 3 aromatic rings. The largest absolute Gasteiger partial charge is 0.482 e. The van der Waals surface area contributed by atoms with E-state index in [1.807, 2.05) is 18.2 Å². The van der Waals surface area contributed by atoms with Crippen molar-refractivity contribution in [1.29, 1.82) is 5.26 Å². The molecule has 0 bridgehead atoms. The first kappa shape index (κ1) is 26.9. The second-order valence-corrected chi connectivity index (χ2v) is 9.31. The normalized spacial score (nSPS) is 14.6. The van der Waals surface area contributed by atoms with Gasteiger partial charge in [0.15, 0.2) is 6.61 Å². The van der Waals surface area contributed by atoms with E-state index < -0.39 is 12.8 Å². The van der Waals surface area contributed by atoms with Crippen LogP contribution in [0.3, 0.4) is 0 Å². The average molecular weight is 524 g/mol. The minimum Gasteiger partial charge on any atom is -0.482 e. The van der Waals surface area contributed by atoms with Gasteiger partial charge in [0.05, 0.1) is 17.5 Å². The number of pyridine rings is 1. The molecule has 1 aromatic heterocycles. The van der Waals surface area contributed by atoms with Crippen molar-refractivity contribution in [3.8, 4) is 23.1 Å². The van der Waals surface area contributed by atoms with Crippen molar-refractivity contribution in [1.82, 2.24) is 15.2 Å². The summed E-state index contributed by atoms with van der Waals surface area (Å²) >= 11 is 0. The molecule has 2 N–H and O–H groups in total. The van der Waals surface area contributed by atoms with Gasteiger partial charge in [0, 0.05) is 29.1 Å². The predicted molar refractivity (Wildman–Crippen MR) is 140 cm³/mol. The second kappa shape index (κ2) is 11.5. The molecule has 2 aromatic carbocycles. The molecule has 0 saturated carbocycles. The second-order valence-electron chi connectivity index (χ2n) is 9.31.